The normalized spacial score (nSPS) is 11.1. The molecular weight excluding hydrogens is 421 g/mol. The van der Waals surface area contributed by atoms with Crippen molar-refractivity contribution in [2.45, 2.75) is 4.90 Å². The minimum atomic E-state index is -4.16. The highest BCUT2D eigenvalue weighted by atomic mass is 35.5. The number of amides is 1. The summed E-state index contributed by atoms with van der Waals surface area (Å²) in [6, 6.07) is 17.6. The van der Waals surface area contributed by atoms with Crippen molar-refractivity contribution in [3.8, 4) is 0 Å². The van der Waals surface area contributed by atoms with E-state index >= 15 is 0 Å². The summed E-state index contributed by atoms with van der Waals surface area (Å²) in [6.45, 7) is 0. The molecule has 3 aromatic rings. The van der Waals surface area contributed by atoms with Crippen LogP contribution in [-0.4, -0.2) is 20.1 Å². The van der Waals surface area contributed by atoms with Crippen LogP contribution < -0.4 is 4.72 Å². The molecule has 3 aromatic carbocycles. The van der Waals surface area contributed by atoms with Crippen LogP contribution in [-0.2, 0) is 10.0 Å². The minimum absolute atomic E-state index is 0.0620. The largest absolute Gasteiger partial charge is 0.289 e. The van der Waals surface area contributed by atoms with Gasteiger partial charge in [-0.2, -0.15) is 0 Å². The fourth-order valence-electron chi connectivity index (χ4n) is 2.51. The van der Waals surface area contributed by atoms with Gasteiger partial charge in [0.15, 0.2) is 5.78 Å². The third kappa shape index (κ3) is 4.42. The smallest absolute Gasteiger partial charge is 0.265 e. The Hall–Kier alpha value is -2.67. The Labute approximate surface area is 172 Å². The van der Waals surface area contributed by atoms with E-state index in [2.05, 4.69) is 0 Å². The van der Waals surface area contributed by atoms with Gasteiger partial charge >= 0.3 is 0 Å². The Morgan fingerprint density at radius 2 is 1.39 bits per heavy atom. The molecule has 0 fully saturated rings. The summed E-state index contributed by atoms with van der Waals surface area (Å²) < 4.78 is 26.9. The molecule has 0 saturated carbocycles. The Morgan fingerprint density at radius 1 is 0.750 bits per heavy atom. The number of halogens is 2. The average Bonchev–Trinajstić information content (AvgIpc) is 2.68. The monoisotopic (exact) mass is 433 g/mol. The fraction of sp³-hybridized carbons (Fsp3) is 0. The molecule has 142 valence electrons. The van der Waals surface area contributed by atoms with E-state index in [-0.39, 0.29) is 21.0 Å². The lowest BCUT2D eigenvalue weighted by atomic mass is 9.98. The quantitative estimate of drug-likeness (QED) is 0.606. The molecule has 0 aliphatic heterocycles. The molecule has 0 radical (unpaired) electrons. The summed E-state index contributed by atoms with van der Waals surface area (Å²) >= 11 is 11.7. The van der Waals surface area contributed by atoms with Gasteiger partial charge in [0, 0.05) is 21.2 Å². The van der Waals surface area contributed by atoms with Gasteiger partial charge in [0.05, 0.1) is 10.5 Å². The molecule has 0 unspecified atom stereocenters. The molecule has 0 aliphatic rings. The van der Waals surface area contributed by atoms with E-state index in [1.807, 2.05) is 4.72 Å². The highest BCUT2D eigenvalue weighted by Crippen LogP contribution is 2.19. The topological polar surface area (TPSA) is 80.3 Å². The SMILES string of the molecule is O=C(NS(=O)(=O)c1cccc(Cl)c1)c1ccccc1C(=O)c1ccc(Cl)cc1. The fourth-order valence-corrected chi connectivity index (χ4v) is 3.90. The zero-order chi connectivity index (χ0) is 20.3. The number of hydrogen-bond donors (Lipinski definition) is 1. The number of benzene rings is 3. The van der Waals surface area contributed by atoms with Crippen LogP contribution in [0.25, 0.3) is 0 Å². The summed E-state index contributed by atoms with van der Waals surface area (Å²) in [7, 11) is -4.16. The summed E-state index contributed by atoms with van der Waals surface area (Å²) in [4.78, 5) is 25.2. The number of sulfonamides is 1. The zero-order valence-corrected chi connectivity index (χ0v) is 16.6. The van der Waals surface area contributed by atoms with Crippen LogP contribution in [0.4, 0.5) is 0 Å². The molecule has 0 heterocycles. The number of carbonyl (C=O) groups excluding carboxylic acids is 2. The second-order valence-corrected chi connectivity index (χ2v) is 8.33. The van der Waals surface area contributed by atoms with E-state index in [0.29, 0.717) is 10.6 Å². The molecule has 0 spiro atoms. The first-order chi connectivity index (χ1) is 13.3. The van der Waals surface area contributed by atoms with Gasteiger partial charge in [-0.3, -0.25) is 9.59 Å². The maximum absolute atomic E-state index is 12.8. The van der Waals surface area contributed by atoms with E-state index in [4.69, 9.17) is 23.2 Å². The van der Waals surface area contributed by atoms with Gasteiger partial charge < -0.3 is 0 Å². The Morgan fingerprint density at radius 3 is 2.04 bits per heavy atom. The van der Waals surface area contributed by atoms with Crippen molar-refractivity contribution in [3.63, 3.8) is 0 Å². The maximum atomic E-state index is 12.8. The predicted molar refractivity (Wildman–Crippen MR) is 107 cm³/mol. The highest BCUT2D eigenvalue weighted by Gasteiger charge is 2.23. The van der Waals surface area contributed by atoms with E-state index in [1.54, 1.807) is 24.3 Å². The molecule has 0 aromatic heterocycles. The van der Waals surface area contributed by atoms with Crippen molar-refractivity contribution in [2.75, 3.05) is 0 Å². The van der Waals surface area contributed by atoms with Gasteiger partial charge in [0.2, 0.25) is 0 Å². The first kappa shape index (κ1) is 20.1. The standard InChI is InChI=1S/C20H13Cl2NO4S/c21-14-10-8-13(9-11-14)19(24)17-6-1-2-7-18(17)20(25)23-28(26,27)16-5-3-4-15(22)12-16/h1-12H,(H,23,25). The van der Waals surface area contributed by atoms with Crippen LogP contribution in [0.5, 0.6) is 0 Å². The lowest BCUT2D eigenvalue weighted by Gasteiger charge is -2.11. The van der Waals surface area contributed by atoms with Crippen molar-refractivity contribution in [2.24, 2.45) is 0 Å². The predicted octanol–water partition coefficient (Wildman–Crippen LogP) is 4.34. The molecule has 5 nitrogen and oxygen atoms in total. The highest BCUT2D eigenvalue weighted by molar-refractivity contribution is 7.90. The van der Waals surface area contributed by atoms with Crippen LogP contribution >= 0.6 is 23.2 Å². The van der Waals surface area contributed by atoms with Crippen LogP contribution in [0.1, 0.15) is 26.3 Å². The Balaban J connectivity index is 1.93. The van der Waals surface area contributed by atoms with Crippen molar-refractivity contribution >= 4 is 44.9 Å². The van der Waals surface area contributed by atoms with Crippen molar-refractivity contribution in [1.29, 1.82) is 0 Å². The van der Waals surface area contributed by atoms with Crippen molar-refractivity contribution in [3.05, 3.63) is 99.5 Å². The lowest BCUT2D eigenvalue weighted by Crippen LogP contribution is -2.31. The molecule has 0 bridgehead atoms. The van der Waals surface area contributed by atoms with E-state index in [9.17, 15) is 18.0 Å². The molecule has 28 heavy (non-hydrogen) atoms. The van der Waals surface area contributed by atoms with Crippen molar-refractivity contribution in [1.82, 2.24) is 4.72 Å². The average molecular weight is 434 g/mol. The second-order valence-electron chi connectivity index (χ2n) is 5.77. The van der Waals surface area contributed by atoms with Crippen LogP contribution in [0, 0.1) is 0 Å². The third-order valence-electron chi connectivity index (χ3n) is 3.86. The number of rotatable bonds is 5. The Bertz CT molecular complexity index is 1160. The van der Waals surface area contributed by atoms with Gasteiger partial charge in [0.1, 0.15) is 0 Å². The summed E-state index contributed by atoms with van der Waals surface area (Å²) in [5.41, 5.74) is 0.332. The molecule has 3 rings (SSSR count). The minimum Gasteiger partial charge on any atom is -0.289 e. The van der Waals surface area contributed by atoms with Gasteiger partial charge in [-0.05, 0) is 48.5 Å². The molecule has 1 amide bonds. The molecule has 8 heteroatoms. The van der Waals surface area contributed by atoms with Crippen LogP contribution in [0.2, 0.25) is 10.0 Å². The maximum Gasteiger partial charge on any atom is 0.265 e. The van der Waals surface area contributed by atoms with E-state index < -0.39 is 21.7 Å². The number of carbonyl (C=O) groups is 2. The summed E-state index contributed by atoms with van der Waals surface area (Å²) in [6.07, 6.45) is 0. The number of hydrogen-bond acceptors (Lipinski definition) is 4. The van der Waals surface area contributed by atoms with Crippen molar-refractivity contribution < 1.29 is 18.0 Å². The first-order valence-corrected chi connectivity index (χ1v) is 10.2. The Kier molecular flexibility index (Phi) is 5.84. The first-order valence-electron chi connectivity index (χ1n) is 8.00. The molecule has 1 N–H and O–H groups in total. The summed E-state index contributed by atoms with van der Waals surface area (Å²) in [5, 5.41) is 0.684. The molecule has 0 saturated heterocycles. The van der Waals surface area contributed by atoms with Gasteiger partial charge in [-0.1, -0.05) is 47.5 Å². The lowest BCUT2D eigenvalue weighted by molar-refractivity contribution is 0.0966. The van der Waals surface area contributed by atoms with Gasteiger partial charge in [-0.15, -0.1) is 0 Å². The third-order valence-corrected chi connectivity index (χ3v) is 5.67. The second kappa shape index (κ2) is 8.14. The molecule has 0 aliphatic carbocycles. The van der Waals surface area contributed by atoms with Crippen LogP contribution in [0.3, 0.4) is 0 Å². The summed E-state index contributed by atoms with van der Waals surface area (Å²) in [5.74, 6) is -1.35. The molecular formula is C20H13Cl2NO4S. The number of nitrogens with one attached hydrogen (secondary N) is 1. The van der Waals surface area contributed by atoms with E-state index in [0.717, 1.165) is 0 Å². The molecule has 0 atom stereocenters. The van der Waals surface area contributed by atoms with Crippen LogP contribution in [0.15, 0.2) is 77.7 Å². The van der Waals surface area contributed by atoms with E-state index in [1.165, 1.54) is 48.5 Å². The zero-order valence-electron chi connectivity index (χ0n) is 14.2. The number of ketones is 1. The van der Waals surface area contributed by atoms with Gasteiger partial charge in [-0.25, -0.2) is 13.1 Å². The van der Waals surface area contributed by atoms with Gasteiger partial charge in [0.25, 0.3) is 15.9 Å².